The van der Waals surface area contributed by atoms with Crippen LogP contribution in [-0.4, -0.2) is 38.9 Å². The maximum absolute atomic E-state index is 9.39. The third-order valence-electron chi connectivity index (χ3n) is 5.43. The average molecular weight is 300 g/mol. The van der Waals surface area contributed by atoms with E-state index in [1.54, 1.807) is 0 Å². The van der Waals surface area contributed by atoms with E-state index in [0.29, 0.717) is 24.5 Å². The number of aliphatic hydroxyl groups excluding tert-OH is 1. The number of anilines is 1. The second kappa shape index (κ2) is 5.54. The molecule has 2 aromatic heterocycles. The molecule has 1 saturated heterocycles. The Hall–Kier alpha value is -1.62. The summed E-state index contributed by atoms with van der Waals surface area (Å²) in [5.41, 5.74) is 2.34. The number of piperidine rings is 1. The van der Waals surface area contributed by atoms with Gasteiger partial charge in [0.15, 0.2) is 5.82 Å². The van der Waals surface area contributed by atoms with E-state index in [1.165, 1.54) is 25.0 Å². The molecule has 1 N–H and O–H groups in total. The van der Waals surface area contributed by atoms with Crippen LogP contribution in [0, 0.1) is 5.92 Å². The number of aromatic nitrogens is 3. The molecule has 0 bridgehead atoms. The highest BCUT2D eigenvalue weighted by molar-refractivity contribution is 5.69. The molecule has 1 saturated carbocycles. The molecular formula is C17H24N4O. The molecule has 0 aromatic carbocycles. The molecule has 2 unspecified atom stereocenters. The first-order chi connectivity index (χ1) is 10.8. The van der Waals surface area contributed by atoms with Crippen LogP contribution in [0.2, 0.25) is 0 Å². The van der Waals surface area contributed by atoms with E-state index in [9.17, 15) is 5.11 Å². The molecule has 0 spiro atoms. The van der Waals surface area contributed by atoms with Gasteiger partial charge in [0.1, 0.15) is 5.52 Å². The quantitative estimate of drug-likeness (QED) is 0.946. The SMILES string of the molecule is CC1CC(CO)CCN1c1nccn2nc(C3CCC3)cc12. The zero-order valence-corrected chi connectivity index (χ0v) is 13.1. The van der Waals surface area contributed by atoms with E-state index < -0.39 is 0 Å². The fourth-order valence-electron chi connectivity index (χ4n) is 3.80. The first-order valence-corrected chi connectivity index (χ1v) is 8.48. The maximum Gasteiger partial charge on any atom is 0.154 e. The standard InChI is InChI=1S/C17H24N4O/c1-12-9-13(11-22)5-7-20(12)17-16-10-15(14-3-2-4-14)19-21(16)8-6-18-17/h6,8,10,12-14,22H,2-5,7,9,11H2,1H3. The molecule has 4 rings (SSSR count). The molecule has 22 heavy (non-hydrogen) atoms. The lowest BCUT2D eigenvalue weighted by atomic mass is 9.83. The Bertz CT molecular complexity index is 664. The lowest BCUT2D eigenvalue weighted by Gasteiger charge is -2.38. The van der Waals surface area contributed by atoms with Gasteiger partial charge in [0, 0.05) is 37.5 Å². The van der Waals surface area contributed by atoms with Crippen molar-refractivity contribution in [1.82, 2.24) is 14.6 Å². The van der Waals surface area contributed by atoms with Gasteiger partial charge in [0.2, 0.25) is 0 Å². The Balaban J connectivity index is 1.67. The number of aliphatic hydroxyl groups is 1. The van der Waals surface area contributed by atoms with Crippen LogP contribution in [0.5, 0.6) is 0 Å². The van der Waals surface area contributed by atoms with Crippen LogP contribution in [-0.2, 0) is 0 Å². The number of nitrogens with zero attached hydrogens (tertiary/aromatic N) is 4. The highest BCUT2D eigenvalue weighted by atomic mass is 16.3. The van der Waals surface area contributed by atoms with Gasteiger partial charge in [0.05, 0.1) is 5.69 Å². The summed E-state index contributed by atoms with van der Waals surface area (Å²) in [4.78, 5) is 7.03. The summed E-state index contributed by atoms with van der Waals surface area (Å²) >= 11 is 0. The van der Waals surface area contributed by atoms with Crippen LogP contribution in [0.4, 0.5) is 5.82 Å². The highest BCUT2D eigenvalue weighted by Gasteiger charge is 2.28. The fourth-order valence-corrected chi connectivity index (χ4v) is 3.80. The Kier molecular flexibility index (Phi) is 3.53. The Morgan fingerprint density at radius 3 is 2.86 bits per heavy atom. The van der Waals surface area contributed by atoms with E-state index in [1.807, 2.05) is 16.9 Å². The Morgan fingerprint density at radius 1 is 1.32 bits per heavy atom. The molecule has 0 amide bonds. The Labute approximate surface area is 131 Å². The average Bonchev–Trinajstić information content (AvgIpc) is 2.88. The smallest absolute Gasteiger partial charge is 0.154 e. The molecule has 2 aromatic rings. The summed E-state index contributed by atoms with van der Waals surface area (Å²) in [5.74, 6) is 2.12. The van der Waals surface area contributed by atoms with Crippen molar-refractivity contribution in [2.45, 2.75) is 51.0 Å². The van der Waals surface area contributed by atoms with E-state index in [2.05, 4.69) is 22.9 Å². The fraction of sp³-hybridized carbons (Fsp3) is 0.647. The van der Waals surface area contributed by atoms with Crippen molar-refractivity contribution in [3.05, 3.63) is 24.2 Å². The topological polar surface area (TPSA) is 53.7 Å². The van der Waals surface area contributed by atoms with Crippen LogP contribution in [0.25, 0.3) is 5.52 Å². The van der Waals surface area contributed by atoms with E-state index in [-0.39, 0.29) is 0 Å². The van der Waals surface area contributed by atoms with Gasteiger partial charge in [-0.05, 0) is 44.6 Å². The molecule has 3 heterocycles. The minimum Gasteiger partial charge on any atom is -0.396 e. The van der Waals surface area contributed by atoms with Gasteiger partial charge in [-0.2, -0.15) is 5.10 Å². The van der Waals surface area contributed by atoms with Crippen molar-refractivity contribution >= 4 is 11.3 Å². The van der Waals surface area contributed by atoms with Crippen molar-refractivity contribution in [2.75, 3.05) is 18.1 Å². The van der Waals surface area contributed by atoms with Crippen LogP contribution in [0.15, 0.2) is 18.5 Å². The van der Waals surface area contributed by atoms with Crippen molar-refractivity contribution in [1.29, 1.82) is 0 Å². The van der Waals surface area contributed by atoms with Crippen LogP contribution in [0.3, 0.4) is 0 Å². The molecule has 0 radical (unpaired) electrons. The minimum absolute atomic E-state index is 0.300. The molecule has 2 fully saturated rings. The number of hydrogen-bond donors (Lipinski definition) is 1. The maximum atomic E-state index is 9.39. The van der Waals surface area contributed by atoms with E-state index in [0.717, 1.165) is 30.7 Å². The third kappa shape index (κ3) is 2.28. The zero-order chi connectivity index (χ0) is 15.1. The van der Waals surface area contributed by atoms with Crippen molar-refractivity contribution in [2.24, 2.45) is 5.92 Å². The molecular weight excluding hydrogens is 276 g/mol. The third-order valence-corrected chi connectivity index (χ3v) is 5.43. The summed E-state index contributed by atoms with van der Waals surface area (Å²) in [7, 11) is 0. The zero-order valence-electron chi connectivity index (χ0n) is 13.1. The Morgan fingerprint density at radius 2 is 2.18 bits per heavy atom. The monoisotopic (exact) mass is 300 g/mol. The second-order valence-electron chi connectivity index (χ2n) is 6.89. The predicted octanol–water partition coefficient (Wildman–Crippen LogP) is 2.59. The lowest BCUT2D eigenvalue weighted by Crippen LogP contribution is -2.42. The van der Waals surface area contributed by atoms with Crippen molar-refractivity contribution in [3.63, 3.8) is 0 Å². The summed E-state index contributed by atoms with van der Waals surface area (Å²) in [6.07, 6.45) is 9.73. The van der Waals surface area contributed by atoms with Crippen LogP contribution < -0.4 is 4.90 Å². The second-order valence-corrected chi connectivity index (χ2v) is 6.89. The number of hydrogen-bond acceptors (Lipinski definition) is 4. The molecule has 5 nitrogen and oxygen atoms in total. The number of fused-ring (bicyclic) bond motifs is 1. The van der Waals surface area contributed by atoms with Gasteiger partial charge in [-0.1, -0.05) is 6.42 Å². The molecule has 2 atom stereocenters. The molecule has 1 aliphatic carbocycles. The first-order valence-electron chi connectivity index (χ1n) is 8.48. The number of rotatable bonds is 3. The highest BCUT2D eigenvalue weighted by Crippen LogP contribution is 2.37. The van der Waals surface area contributed by atoms with E-state index >= 15 is 0 Å². The first kappa shape index (κ1) is 14.0. The minimum atomic E-state index is 0.300. The largest absolute Gasteiger partial charge is 0.396 e. The molecule has 1 aliphatic heterocycles. The molecule has 2 aliphatic rings. The van der Waals surface area contributed by atoms with Crippen LogP contribution >= 0.6 is 0 Å². The normalized spacial score (nSPS) is 26.4. The van der Waals surface area contributed by atoms with Crippen molar-refractivity contribution in [3.8, 4) is 0 Å². The summed E-state index contributed by atoms with van der Waals surface area (Å²) in [5, 5.41) is 14.1. The molecule has 5 heteroatoms. The van der Waals surface area contributed by atoms with Gasteiger partial charge in [0.25, 0.3) is 0 Å². The summed E-state index contributed by atoms with van der Waals surface area (Å²) in [6, 6.07) is 2.64. The van der Waals surface area contributed by atoms with Crippen molar-refractivity contribution < 1.29 is 5.11 Å². The van der Waals surface area contributed by atoms with Gasteiger partial charge in [-0.15, -0.1) is 0 Å². The predicted molar refractivity (Wildman–Crippen MR) is 86.2 cm³/mol. The van der Waals surface area contributed by atoms with Gasteiger partial charge in [-0.3, -0.25) is 0 Å². The van der Waals surface area contributed by atoms with Gasteiger partial charge < -0.3 is 10.0 Å². The van der Waals surface area contributed by atoms with E-state index in [4.69, 9.17) is 5.10 Å². The van der Waals surface area contributed by atoms with Gasteiger partial charge in [-0.25, -0.2) is 9.50 Å². The summed E-state index contributed by atoms with van der Waals surface area (Å²) < 4.78 is 1.99. The summed E-state index contributed by atoms with van der Waals surface area (Å²) in [6.45, 7) is 3.49. The lowest BCUT2D eigenvalue weighted by molar-refractivity contribution is 0.190. The van der Waals surface area contributed by atoms with Crippen LogP contribution in [0.1, 0.15) is 50.6 Å². The van der Waals surface area contributed by atoms with Gasteiger partial charge >= 0.3 is 0 Å². The molecule has 118 valence electrons.